The van der Waals surface area contributed by atoms with Gasteiger partial charge in [-0.2, -0.15) is 0 Å². The predicted molar refractivity (Wildman–Crippen MR) is 101 cm³/mol. The number of ether oxygens (including phenoxy) is 2. The topological polar surface area (TPSA) is 73.6 Å². The molecular weight excluding hydrogens is 344 g/mol. The van der Waals surface area contributed by atoms with Crippen LogP contribution in [0.25, 0.3) is 17.2 Å². The summed E-state index contributed by atoms with van der Waals surface area (Å²) in [7, 11) is 0. The smallest absolute Gasteiger partial charge is 0.251 e. The van der Waals surface area contributed by atoms with Crippen molar-refractivity contribution in [2.24, 2.45) is 0 Å². The van der Waals surface area contributed by atoms with Crippen molar-refractivity contribution in [3.63, 3.8) is 0 Å². The Morgan fingerprint density at radius 2 is 1.89 bits per heavy atom. The third-order valence-corrected chi connectivity index (χ3v) is 4.86. The van der Waals surface area contributed by atoms with Crippen LogP contribution in [-0.2, 0) is 4.79 Å². The number of carbonyl (C=O) groups is 1. The number of anilines is 1. The lowest BCUT2D eigenvalue weighted by molar-refractivity contribution is -0.111. The third kappa shape index (κ3) is 3.03. The summed E-state index contributed by atoms with van der Waals surface area (Å²) in [4.78, 5) is 16.5. The van der Waals surface area contributed by atoms with E-state index in [1.807, 2.05) is 30.3 Å². The molecule has 1 saturated carbocycles. The molecule has 2 heterocycles. The van der Waals surface area contributed by atoms with Gasteiger partial charge >= 0.3 is 0 Å². The second-order valence-corrected chi connectivity index (χ2v) is 6.83. The summed E-state index contributed by atoms with van der Waals surface area (Å²) in [6, 6.07) is 12.9. The summed E-state index contributed by atoms with van der Waals surface area (Å²) in [5.74, 6) is 1.03. The van der Waals surface area contributed by atoms with Gasteiger partial charge in [-0.25, -0.2) is 4.98 Å². The van der Waals surface area contributed by atoms with Crippen LogP contribution in [0.2, 0.25) is 0 Å². The van der Waals surface area contributed by atoms with E-state index in [2.05, 4.69) is 10.3 Å². The van der Waals surface area contributed by atoms with Gasteiger partial charge in [0, 0.05) is 36.7 Å². The standard InChI is InChI=1S/C21H18N2O4/c24-19(9-10-20-23-15-5-1-2-6-16(15)25-20)22-14-7-8-17-18(13-14)27-21(26-17)11-3-4-12-21/h1-2,5-10,13H,3-4,11-12H2,(H,22,24)/b10-9+. The van der Waals surface area contributed by atoms with Crippen molar-refractivity contribution in [1.82, 2.24) is 4.98 Å². The first-order valence-corrected chi connectivity index (χ1v) is 9.06. The number of hydrogen-bond acceptors (Lipinski definition) is 5. The average Bonchev–Trinajstić information content (AvgIpc) is 3.37. The zero-order valence-electron chi connectivity index (χ0n) is 14.6. The molecule has 1 spiro atoms. The van der Waals surface area contributed by atoms with Gasteiger partial charge in [0.05, 0.1) is 0 Å². The lowest BCUT2D eigenvalue weighted by atomic mass is 10.2. The molecule has 0 radical (unpaired) electrons. The maximum absolute atomic E-state index is 12.2. The van der Waals surface area contributed by atoms with Crippen molar-refractivity contribution < 1.29 is 18.7 Å². The molecule has 0 atom stereocenters. The van der Waals surface area contributed by atoms with E-state index in [-0.39, 0.29) is 5.91 Å². The molecule has 1 aromatic heterocycles. The molecule has 5 rings (SSSR count). The zero-order valence-corrected chi connectivity index (χ0v) is 14.6. The number of benzene rings is 2. The first-order valence-electron chi connectivity index (χ1n) is 9.06. The van der Waals surface area contributed by atoms with Crippen LogP contribution in [0.4, 0.5) is 5.69 Å². The fourth-order valence-corrected chi connectivity index (χ4v) is 3.58. The van der Waals surface area contributed by atoms with Gasteiger partial charge in [-0.1, -0.05) is 12.1 Å². The van der Waals surface area contributed by atoms with E-state index in [1.54, 1.807) is 18.2 Å². The summed E-state index contributed by atoms with van der Waals surface area (Å²) in [6.07, 6.45) is 6.97. The number of para-hydroxylation sites is 2. The van der Waals surface area contributed by atoms with Crippen LogP contribution in [0.15, 0.2) is 53.0 Å². The van der Waals surface area contributed by atoms with E-state index < -0.39 is 5.79 Å². The minimum atomic E-state index is -0.502. The minimum Gasteiger partial charge on any atom is -0.448 e. The summed E-state index contributed by atoms with van der Waals surface area (Å²) in [5, 5.41) is 2.82. The highest BCUT2D eigenvalue weighted by molar-refractivity contribution is 6.02. The Balaban J connectivity index is 1.27. The van der Waals surface area contributed by atoms with Crippen molar-refractivity contribution in [1.29, 1.82) is 0 Å². The van der Waals surface area contributed by atoms with Crippen molar-refractivity contribution in [3.8, 4) is 11.5 Å². The summed E-state index contributed by atoms with van der Waals surface area (Å²) >= 11 is 0. The highest BCUT2D eigenvalue weighted by atomic mass is 16.7. The Morgan fingerprint density at radius 3 is 2.74 bits per heavy atom. The van der Waals surface area contributed by atoms with Crippen LogP contribution in [0.3, 0.4) is 0 Å². The van der Waals surface area contributed by atoms with Crippen LogP contribution >= 0.6 is 0 Å². The highest BCUT2D eigenvalue weighted by Crippen LogP contribution is 2.47. The Kier molecular flexibility index (Phi) is 3.63. The van der Waals surface area contributed by atoms with Crippen LogP contribution < -0.4 is 14.8 Å². The molecule has 0 saturated heterocycles. The van der Waals surface area contributed by atoms with E-state index in [1.165, 1.54) is 6.08 Å². The normalized spacial score (nSPS) is 17.2. The van der Waals surface area contributed by atoms with Crippen molar-refractivity contribution in [2.75, 3.05) is 5.32 Å². The number of hydrogen-bond donors (Lipinski definition) is 1. The van der Waals surface area contributed by atoms with Gasteiger partial charge in [-0.05, 0) is 37.1 Å². The number of nitrogens with one attached hydrogen (secondary N) is 1. The van der Waals surface area contributed by atoms with Gasteiger partial charge in [-0.15, -0.1) is 0 Å². The molecule has 0 bridgehead atoms. The number of oxazole rings is 1. The van der Waals surface area contributed by atoms with Crippen molar-refractivity contribution in [3.05, 3.63) is 54.4 Å². The molecule has 3 aromatic rings. The van der Waals surface area contributed by atoms with Gasteiger partial charge in [-0.3, -0.25) is 4.79 Å². The molecule has 1 fully saturated rings. The number of amides is 1. The van der Waals surface area contributed by atoms with Gasteiger partial charge in [0.2, 0.25) is 11.8 Å². The predicted octanol–water partition coefficient (Wildman–Crippen LogP) is 4.52. The molecular formula is C21H18N2O4. The van der Waals surface area contributed by atoms with E-state index in [0.29, 0.717) is 22.9 Å². The number of carbonyl (C=O) groups excluding carboxylic acids is 1. The van der Waals surface area contributed by atoms with Gasteiger partial charge in [0.25, 0.3) is 5.79 Å². The third-order valence-electron chi connectivity index (χ3n) is 4.86. The molecule has 0 unspecified atom stereocenters. The molecule has 6 nitrogen and oxygen atoms in total. The Labute approximate surface area is 155 Å². The molecule has 1 N–H and O–H groups in total. The maximum Gasteiger partial charge on any atom is 0.251 e. The van der Waals surface area contributed by atoms with Crippen molar-refractivity contribution >= 4 is 28.8 Å². The zero-order chi connectivity index (χ0) is 18.3. The largest absolute Gasteiger partial charge is 0.448 e. The lowest BCUT2D eigenvalue weighted by Crippen LogP contribution is -2.34. The summed E-state index contributed by atoms with van der Waals surface area (Å²) < 4.78 is 17.6. The minimum absolute atomic E-state index is 0.272. The molecule has 1 amide bonds. The van der Waals surface area contributed by atoms with Crippen LogP contribution in [0.1, 0.15) is 31.6 Å². The molecule has 27 heavy (non-hydrogen) atoms. The van der Waals surface area contributed by atoms with E-state index in [0.717, 1.165) is 36.9 Å². The average molecular weight is 362 g/mol. The fourth-order valence-electron chi connectivity index (χ4n) is 3.58. The monoisotopic (exact) mass is 362 g/mol. The number of nitrogens with zero attached hydrogens (tertiary/aromatic N) is 1. The summed E-state index contributed by atoms with van der Waals surface area (Å²) in [6.45, 7) is 0. The lowest BCUT2D eigenvalue weighted by Gasteiger charge is -2.21. The second-order valence-electron chi connectivity index (χ2n) is 6.83. The maximum atomic E-state index is 12.2. The van der Waals surface area contributed by atoms with E-state index >= 15 is 0 Å². The van der Waals surface area contributed by atoms with Gasteiger partial charge in [0.15, 0.2) is 17.1 Å². The SMILES string of the molecule is O=C(/C=C/c1nc2ccccc2o1)Nc1ccc2c(c1)OC1(CCCC1)O2. The molecule has 6 heteroatoms. The quantitative estimate of drug-likeness (QED) is 0.694. The molecule has 2 aliphatic rings. The number of fused-ring (bicyclic) bond motifs is 2. The van der Waals surface area contributed by atoms with Crippen LogP contribution in [0.5, 0.6) is 11.5 Å². The Bertz CT molecular complexity index is 1010. The molecule has 2 aromatic carbocycles. The van der Waals surface area contributed by atoms with Crippen LogP contribution in [0, 0.1) is 0 Å². The first kappa shape index (κ1) is 15.9. The summed E-state index contributed by atoms with van der Waals surface area (Å²) in [5.41, 5.74) is 2.10. The van der Waals surface area contributed by atoms with E-state index in [9.17, 15) is 4.79 Å². The number of aromatic nitrogens is 1. The highest BCUT2D eigenvalue weighted by Gasteiger charge is 2.44. The second kappa shape index (κ2) is 6.16. The Morgan fingerprint density at radius 1 is 1.07 bits per heavy atom. The van der Waals surface area contributed by atoms with Crippen molar-refractivity contribution in [2.45, 2.75) is 31.5 Å². The molecule has 136 valence electrons. The first-order chi connectivity index (χ1) is 13.2. The number of rotatable bonds is 3. The fraction of sp³-hybridized carbons (Fsp3) is 0.238. The molecule has 1 aliphatic carbocycles. The van der Waals surface area contributed by atoms with Gasteiger partial charge < -0.3 is 19.2 Å². The molecule has 1 aliphatic heterocycles. The Hall–Kier alpha value is -3.28. The van der Waals surface area contributed by atoms with E-state index in [4.69, 9.17) is 13.9 Å². The van der Waals surface area contributed by atoms with Crippen LogP contribution in [-0.4, -0.2) is 16.7 Å². The van der Waals surface area contributed by atoms with Gasteiger partial charge in [0.1, 0.15) is 5.52 Å².